The predicted molar refractivity (Wildman–Crippen MR) is 89.9 cm³/mol. The molecule has 0 amide bonds. The Balaban J connectivity index is 1.78. The molecule has 1 aromatic carbocycles. The van der Waals surface area contributed by atoms with E-state index in [4.69, 9.17) is 14.2 Å². The van der Waals surface area contributed by atoms with Gasteiger partial charge in [0.25, 0.3) is 0 Å². The lowest BCUT2D eigenvalue weighted by molar-refractivity contribution is -0.144. The number of rotatable bonds is 10. The van der Waals surface area contributed by atoms with Crippen LogP contribution in [0.5, 0.6) is 11.5 Å². The van der Waals surface area contributed by atoms with E-state index in [1.54, 1.807) is 12.1 Å². The third kappa shape index (κ3) is 6.22. The Kier molecular flexibility index (Phi) is 6.46. The number of carbonyl (C=O) groups excluding carboxylic acids is 1. The van der Waals surface area contributed by atoms with Crippen molar-refractivity contribution in [2.45, 2.75) is 59.0 Å². The third-order valence-electron chi connectivity index (χ3n) is 4.08. The Morgan fingerprint density at radius 2 is 1.83 bits per heavy atom. The molecule has 1 atom stereocenters. The monoisotopic (exact) mass is 320 g/mol. The summed E-state index contributed by atoms with van der Waals surface area (Å²) in [6, 6.07) is 7.18. The van der Waals surface area contributed by atoms with Crippen molar-refractivity contribution in [2.75, 3.05) is 13.2 Å². The van der Waals surface area contributed by atoms with Crippen LogP contribution in [0.4, 0.5) is 0 Å². The standard InChI is InChI=1S/C19H28O4/c1-4-5-6-7-12-19(2,3)18(20)23-16-10-8-15(9-11-16)21-13-17-14-22-17/h8-11,17H,4-7,12-14H2,1-3H3/t17-/m1/s1. The summed E-state index contributed by atoms with van der Waals surface area (Å²) in [4.78, 5) is 12.3. The van der Waals surface area contributed by atoms with Crippen molar-refractivity contribution in [1.82, 2.24) is 0 Å². The molecule has 128 valence electrons. The van der Waals surface area contributed by atoms with Crippen LogP contribution >= 0.6 is 0 Å². The van der Waals surface area contributed by atoms with E-state index in [1.165, 1.54) is 19.3 Å². The highest BCUT2D eigenvalue weighted by molar-refractivity contribution is 5.78. The molecule has 0 saturated carbocycles. The molecule has 1 aliphatic heterocycles. The summed E-state index contributed by atoms with van der Waals surface area (Å²) < 4.78 is 16.2. The predicted octanol–water partition coefficient (Wildman–Crippen LogP) is 4.37. The maximum atomic E-state index is 12.3. The molecule has 0 N–H and O–H groups in total. The summed E-state index contributed by atoms with van der Waals surface area (Å²) in [5.74, 6) is 1.15. The van der Waals surface area contributed by atoms with E-state index in [0.717, 1.165) is 25.2 Å². The molecule has 4 nitrogen and oxygen atoms in total. The minimum Gasteiger partial charge on any atom is -0.491 e. The van der Waals surface area contributed by atoms with Gasteiger partial charge >= 0.3 is 5.97 Å². The molecule has 0 bridgehead atoms. The van der Waals surface area contributed by atoms with Gasteiger partial charge in [0.1, 0.15) is 24.2 Å². The quantitative estimate of drug-likeness (QED) is 0.278. The average Bonchev–Trinajstić information content (AvgIpc) is 3.35. The SMILES string of the molecule is CCCCCCC(C)(C)C(=O)Oc1ccc(OC[C@@H]2CO2)cc1. The number of esters is 1. The van der Waals surface area contributed by atoms with Crippen molar-refractivity contribution in [3.05, 3.63) is 24.3 Å². The van der Waals surface area contributed by atoms with E-state index in [0.29, 0.717) is 12.4 Å². The highest BCUT2D eigenvalue weighted by Crippen LogP contribution is 2.27. The van der Waals surface area contributed by atoms with Crippen LogP contribution in [0.3, 0.4) is 0 Å². The Hall–Kier alpha value is -1.55. The van der Waals surface area contributed by atoms with Gasteiger partial charge in [0.15, 0.2) is 0 Å². The van der Waals surface area contributed by atoms with Gasteiger partial charge in [-0.2, -0.15) is 0 Å². The molecule has 0 spiro atoms. The summed E-state index contributed by atoms with van der Waals surface area (Å²) in [5, 5.41) is 0. The van der Waals surface area contributed by atoms with Gasteiger partial charge in [-0.05, 0) is 44.5 Å². The molecule has 0 aliphatic carbocycles. The topological polar surface area (TPSA) is 48.1 Å². The molecule has 1 aromatic rings. The summed E-state index contributed by atoms with van der Waals surface area (Å²) in [6.07, 6.45) is 5.75. The van der Waals surface area contributed by atoms with Gasteiger partial charge in [-0.1, -0.05) is 32.6 Å². The normalized spacial score (nSPS) is 16.9. The maximum absolute atomic E-state index is 12.3. The molecule has 23 heavy (non-hydrogen) atoms. The van der Waals surface area contributed by atoms with Crippen molar-refractivity contribution < 1.29 is 19.0 Å². The fourth-order valence-corrected chi connectivity index (χ4v) is 2.30. The molecule has 0 unspecified atom stereocenters. The van der Waals surface area contributed by atoms with Gasteiger partial charge < -0.3 is 14.2 Å². The third-order valence-corrected chi connectivity index (χ3v) is 4.08. The minimum atomic E-state index is -0.452. The number of benzene rings is 1. The number of carbonyl (C=O) groups is 1. The van der Waals surface area contributed by atoms with Crippen LogP contribution in [0.2, 0.25) is 0 Å². The Bertz CT molecular complexity index is 489. The van der Waals surface area contributed by atoms with E-state index in [9.17, 15) is 4.79 Å². The first kappa shape index (κ1) is 17.8. The largest absolute Gasteiger partial charge is 0.491 e. The molecule has 2 rings (SSSR count). The lowest BCUT2D eigenvalue weighted by Gasteiger charge is -2.22. The number of hydrogen-bond donors (Lipinski definition) is 0. The molecule has 1 heterocycles. The number of ether oxygens (including phenoxy) is 3. The van der Waals surface area contributed by atoms with E-state index in [-0.39, 0.29) is 12.1 Å². The number of unbranched alkanes of at least 4 members (excludes halogenated alkanes) is 3. The van der Waals surface area contributed by atoms with Crippen molar-refractivity contribution >= 4 is 5.97 Å². The molecule has 4 heteroatoms. The van der Waals surface area contributed by atoms with E-state index >= 15 is 0 Å². The second-order valence-electron chi connectivity index (χ2n) is 6.82. The van der Waals surface area contributed by atoms with Crippen LogP contribution in [0.1, 0.15) is 52.9 Å². The highest BCUT2D eigenvalue weighted by Gasteiger charge is 2.29. The van der Waals surface area contributed by atoms with E-state index in [2.05, 4.69) is 6.92 Å². The summed E-state index contributed by atoms with van der Waals surface area (Å²) in [7, 11) is 0. The first-order valence-corrected chi connectivity index (χ1v) is 8.58. The lowest BCUT2D eigenvalue weighted by atomic mass is 9.87. The zero-order valence-electron chi connectivity index (χ0n) is 14.5. The molecule has 0 aromatic heterocycles. The summed E-state index contributed by atoms with van der Waals surface area (Å²) in [5.41, 5.74) is -0.452. The van der Waals surface area contributed by atoms with Crippen molar-refractivity contribution in [2.24, 2.45) is 5.41 Å². The van der Waals surface area contributed by atoms with Crippen molar-refractivity contribution in [3.8, 4) is 11.5 Å². The zero-order chi connectivity index (χ0) is 16.7. The fourth-order valence-electron chi connectivity index (χ4n) is 2.30. The molecular formula is C19H28O4. The van der Waals surface area contributed by atoms with Crippen molar-refractivity contribution in [1.29, 1.82) is 0 Å². The molecule has 0 radical (unpaired) electrons. The average molecular weight is 320 g/mol. The van der Waals surface area contributed by atoms with Gasteiger partial charge in [-0.3, -0.25) is 4.79 Å². The smallest absolute Gasteiger partial charge is 0.316 e. The van der Waals surface area contributed by atoms with Crippen LogP contribution in [0.25, 0.3) is 0 Å². The first-order chi connectivity index (χ1) is 11.0. The van der Waals surface area contributed by atoms with Gasteiger partial charge in [-0.25, -0.2) is 0 Å². The molecule has 1 aliphatic rings. The second-order valence-corrected chi connectivity index (χ2v) is 6.82. The zero-order valence-corrected chi connectivity index (χ0v) is 14.5. The Morgan fingerprint density at radius 3 is 2.43 bits per heavy atom. The van der Waals surface area contributed by atoms with Crippen molar-refractivity contribution in [3.63, 3.8) is 0 Å². The summed E-state index contributed by atoms with van der Waals surface area (Å²) in [6.45, 7) is 7.44. The second kappa shape index (κ2) is 8.34. The van der Waals surface area contributed by atoms with Gasteiger partial charge in [0.05, 0.1) is 12.0 Å². The number of hydrogen-bond acceptors (Lipinski definition) is 4. The van der Waals surface area contributed by atoms with Gasteiger partial charge in [0.2, 0.25) is 0 Å². The Morgan fingerprint density at radius 1 is 1.17 bits per heavy atom. The van der Waals surface area contributed by atoms with Gasteiger partial charge in [0, 0.05) is 0 Å². The van der Waals surface area contributed by atoms with E-state index in [1.807, 2.05) is 26.0 Å². The van der Waals surface area contributed by atoms with Crippen LogP contribution < -0.4 is 9.47 Å². The molecule has 1 fully saturated rings. The van der Waals surface area contributed by atoms with Crippen LogP contribution in [-0.2, 0) is 9.53 Å². The maximum Gasteiger partial charge on any atom is 0.316 e. The summed E-state index contributed by atoms with van der Waals surface area (Å²) >= 11 is 0. The van der Waals surface area contributed by atoms with Crippen LogP contribution in [0.15, 0.2) is 24.3 Å². The minimum absolute atomic E-state index is 0.172. The van der Waals surface area contributed by atoms with E-state index < -0.39 is 5.41 Å². The van der Waals surface area contributed by atoms with Crippen LogP contribution in [0, 0.1) is 5.41 Å². The molecular weight excluding hydrogens is 292 g/mol. The highest BCUT2D eigenvalue weighted by atomic mass is 16.6. The molecule has 1 saturated heterocycles. The van der Waals surface area contributed by atoms with Gasteiger partial charge in [-0.15, -0.1) is 0 Å². The lowest BCUT2D eigenvalue weighted by Crippen LogP contribution is -2.29. The Labute approximate surface area is 139 Å². The fraction of sp³-hybridized carbons (Fsp3) is 0.632. The number of epoxide rings is 1. The first-order valence-electron chi connectivity index (χ1n) is 8.58. The van der Waals surface area contributed by atoms with Crippen LogP contribution in [-0.4, -0.2) is 25.3 Å².